The molecule has 1 N–H and O–H groups in total. The lowest BCUT2D eigenvalue weighted by Crippen LogP contribution is -2.07. The molecule has 0 atom stereocenters. The Balaban J connectivity index is 3.27. The second kappa shape index (κ2) is 4.00. The first-order chi connectivity index (χ1) is 6.57. The second-order valence-electron chi connectivity index (χ2n) is 2.75. The van der Waals surface area contributed by atoms with Gasteiger partial charge in [-0.25, -0.2) is 9.18 Å². The molecule has 14 heavy (non-hydrogen) atoms. The molecule has 0 radical (unpaired) electrons. The molecule has 0 aliphatic carbocycles. The smallest absolute Gasteiger partial charge is 0.338 e. The summed E-state index contributed by atoms with van der Waals surface area (Å²) in [5.41, 5.74) is -0.628. The van der Waals surface area contributed by atoms with E-state index >= 15 is 0 Å². The molecule has 0 saturated heterocycles. The lowest BCUT2D eigenvalue weighted by atomic mass is 10.0. The van der Waals surface area contributed by atoms with E-state index < -0.39 is 23.1 Å². The maximum absolute atomic E-state index is 13.4. The van der Waals surface area contributed by atoms with Crippen molar-refractivity contribution in [1.82, 2.24) is 0 Å². The molecule has 0 aliphatic heterocycles. The molecule has 0 aromatic heterocycles. The highest BCUT2D eigenvalue weighted by Gasteiger charge is 2.16. The van der Waals surface area contributed by atoms with E-state index in [1.807, 2.05) is 0 Å². The van der Waals surface area contributed by atoms with Crippen LogP contribution in [0.3, 0.4) is 0 Å². The molecule has 4 heteroatoms. The monoisotopic (exact) mass is 196 g/mol. The van der Waals surface area contributed by atoms with Crippen molar-refractivity contribution in [2.24, 2.45) is 0 Å². The highest BCUT2D eigenvalue weighted by atomic mass is 19.1. The van der Waals surface area contributed by atoms with Gasteiger partial charge in [-0.2, -0.15) is 0 Å². The molecule has 0 unspecified atom stereocenters. The summed E-state index contributed by atoms with van der Waals surface area (Å²) in [5.74, 6) is -2.72. The number of carboxylic acids is 1. The van der Waals surface area contributed by atoms with Crippen LogP contribution < -0.4 is 0 Å². The van der Waals surface area contributed by atoms with Gasteiger partial charge in [-0.1, -0.05) is 13.0 Å². The summed E-state index contributed by atoms with van der Waals surface area (Å²) < 4.78 is 13.4. The van der Waals surface area contributed by atoms with Crippen LogP contribution in [0.1, 0.15) is 34.1 Å². The fraction of sp³-hybridized carbons (Fsp3) is 0.200. The Hall–Kier alpha value is -1.71. The number of ketones is 1. The minimum Gasteiger partial charge on any atom is -0.478 e. The van der Waals surface area contributed by atoms with Gasteiger partial charge in [0, 0.05) is 6.42 Å². The van der Waals surface area contributed by atoms with E-state index in [1.54, 1.807) is 6.92 Å². The number of rotatable bonds is 3. The third kappa shape index (κ3) is 1.79. The van der Waals surface area contributed by atoms with Crippen molar-refractivity contribution in [3.63, 3.8) is 0 Å². The van der Waals surface area contributed by atoms with E-state index in [0.717, 1.165) is 6.07 Å². The first-order valence-corrected chi connectivity index (χ1v) is 4.13. The number of benzene rings is 1. The molecule has 0 fully saturated rings. The molecule has 1 aromatic rings. The summed E-state index contributed by atoms with van der Waals surface area (Å²) in [5, 5.41) is 8.59. The van der Waals surface area contributed by atoms with Gasteiger partial charge in [-0.05, 0) is 12.1 Å². The summed E-state index contributed by atoms with van der Waals surface area (Å²) in [6, 6.07) is 3.77. The lowest BCUT2D eigenvalue weighted by Gasteiger charge is -2.02. The molecule has 0 bridgehead atoms. The van der Waals surface area contributed by atoms with Crippen LogP contribution in [0.2, 0.25) is 0 Å². The Morgan fingerprint density at radius 2 is 1.93 bits per heavy atom. The van der Waals surface area contributed by atoms with Crippen molar-refractivity contribution >= 4 is 11.8 Å². The van der Waals surface area contributed by atoms with Gasteiger partial charge < -0.3 is 5.11 Å². The molecular formula is C10H9FO3. The maximum Gasteiger partial charge on any atom is 0.338 e. The highest BCUT2D eigenvalue weighted by molar-refractivity contribution is 5.99. The van der Waals surface area contributed by atoms with E-state index in [2.05, 4.69) is 0 Å². The minimum absolute atomic E-state index is 0.153. The first-order valence-electron chi connectivity index (χ1n) is 4.13. The first kappa shape index (κ1) is 10.4. The summed E-state index contributed by atoms with van der Waals surface area (Å²) in [7, 11) is 0. The Bertz CT molecular complexity index is 385. The zero-order chi connectivity index (χ0) is 10.7. The van der Waals surface area contributed by atoms with Crippen molar-refractivity contribution in [3.8, 4) is 0 Å². The standard InChI is InChI=1S/C10H9FO3/c1-2-8(12)6-4-3-5-7(9(6)11)10(13)14/h3-5H,2H2,1H3,(H,13,14). The van der Waals surface area contributed by atoms with Gasteiger partial charge in [-0.3, -0.25) is 4.79 Å². The molecular weight excluding hydrogens is 187 g/mol. The van der Waals surface area contributed by atoms with Crippen molar-refractivity contribution in [2.45, 2.75) is 13.3 Å². The van der Waals surface area contributed by atoms with E-state index in [1.165, 1.54) is 12.1 Å². The zero-order valence-electron chi connectivity index (χ0n) is 7.58. The number of carboxylic acid groups (broad SMARTS) is 1. The van der Waals surface area contributed by atoms with Crippen LogP contribution in [0.5, 0.6) is 0 Å². The number of Topliss-reactive ketones (excluding diaryl/α,β-unsaturated/α-hetero) is 1. The molecule has 0 spiro atoms. The number of halogens is 1. The number of hydrogen-bond donors (Lipinski definition) is 1. The van der Waals surface area contributed by atoms with Gasteiger partial charge in [-0.15, -0.1) is 0 Å². The zero-order valence-corrected chi connectivity index (χ0v) is 7.58. The SMILES string of the molecule is CCC(=O)c1cccc(C(=O)O)c1F. The van der Waals surface area contributed by atoms with Crippen molar-refractivity contribution in [1.29, 1.82) is 0 Å². The lowest BCUT2D eigenvalue weighted by molar-refractivity contribution is 0.0692. The summed E-state index contributed by atoms with van der Waals surface area (Å²) >= 11 is 0. The fourth-order valence-electron chi connectivity index (χ4n) is 1.10. The number of hydrogen-bond acceptors (Lipinski definition) is 2. The Labute approximate surface area is 80.2 Å². The Morgan fingerprint density at radius 3 is 2.43 bits per heavy atom. The largest absolute Gasteiger partial charge is 0.478 e. The Kier molecular flexibility index (Phi) is 2.96. The topological polar surface area (TPSA) is 54.4 Å². The molecule has 3 nitrogen and oxygen atoms in total. The second-order valence-corrected chi connectivity index (χ2v) is 2.75. The van der Waals surface area contributed by atoms with Gasteiger partial charge >= 0.3 is 5.97 Å². The van der Waals surface area contributed by atoms with Crippen LogP contribution in [-0.4, -0.2) is 16.9 Å². The van der Waals surface area contributed by atoms with Crippen LogP contribution in [-0.2, 0) is 0 Å². The summed E-state index contributed by atoms with van der Waals surface area (Å²) in [6.07, 6.45) is 0.153. The minimum atomic E-state index is -1.37. The third-order valence-electron chi connectivity index (χ3n) is 1.85. The Morgan fingerprint density at radius 1 is 1.36 bits per heavy atom. The van der Waals surface area contributed by atoms with Crippen LogP contribution in [0.4, 0.5) is 4.39 Å². The van der Waals surface area contributed by atoms with Crippen LogP contribution in [0.25, 0.3) is 0 Å². The molecule has 74 valence electrons. The van der Waals surface area contributed by atoms with Gasteiger partial charge in [0.2, 0.25) is 0 Å². The summed E-state index contributed by atoms with van der Waals surface area (Å²) in [4.78, 5) is 21.7. The van der Waals surface area contributed by atoms with E-state index in [4.69, 9.17) is 5.11 Å². The number of aromatic carboxylic acids is 1. The molecule has 0 aliphatic rings. The van der Waals surface area contributed by atoms with Crippen LogP contribution in [0.15, 0.2) is 18.2 Å². The highest BCUT2D eigenvalue weighted by Crippen LogP contribution is 2.14. The van der Waals surface area contributed by atoms with Crippen molar-refractivity contribution in [3.05, 3.63) is 35.1 Å². The average molecular weight is 196 g/mol. The van der Waals surface area contributed by atoms with Crippen LogP contribution >= 0.6 is 0 Å². The van der Waals surface area contributed by atoms with Crippen molar-refractivity contribution < 1.29 is 19.1 Å². The fourth-order valence-corrected chi connectivity index (χ4v) is 1.10. The number of carbonyl (C=O) groups excluding carboxylic acids is 1. The molecule has 0 saturated carbocycles. The molecule has 1 rings (SSSR count). The quantitative estimate of drug-likeness (QED) is 0.753. The van der Waals surface area contributed by atoms with Gasteiger partial charge in [0.1, 0.15) is 5.82 Å². The molecule has 0 heterocycles. The normalized spacial score (nSPS) is 9.86. The van der Waals surface area contributed by atoms with E-state index in [-0.39, 0.29) is 12.0 Å². The predicted molar refractivity (Wildman–Crippen MR) is 48.0 cm³/mol. The molecule has 1 aromatic carbocycles. The van der Waals surface area contributed by atoms with Gasteiger partial charge in [0.15, 0.2) is 5.78 Å². The maximum atomic E-state index is 13.4. The van der Waals surface area contributed by atoms with Crippen molar-refractivity contribution in [2.75, 3.05) is 0 Å². The summed E-state index contributed by atoms with van der Waals surface area (Å²) in [6.45, 7) is 1.59. The average Bonchev–Trinajstić information content (AvgIpc) is 2.16. The predicted octanol–water partition coefficient (Wildman–Crippen LogP) is 2.12. The van der Waals surface area contributed by atoms with Gasteiger partial charge in [0.25, 0.3) is 0 Å². The van der Waals surface area contributed by atoms with Crippen LogP contribution in [0, 0.1) is 5.82 Å². The van der Waals surface area contributed by atoms with E-state index in [9.17, 15) is 14.0 Å². The molecule has 0 amide bonds. The van der Waals surface area contributed by atoms with Gasteiger partial charge in [0.05, 0.1) is 11.1 Å². The number of carbonyl (C=O) groups is 2. The third-order valence-corrected chi connectivity index (χ3v) is 1.85. The van der Waals surface area contributed by atoms with E-state index in [0.29, 0.717) is 0 Å².